The lowest BCUT2D eigenvalue weighted by Gasteiger charge is -2.20. The van der Waals surface area contributed by atoms with E-state index in [1.165, 1.54) is 19.6 Å². The highest BCUT2D eigenvalue weighted by atomic mass is 28.3. The standard InChI is InChI=1S/C9H11BF4O3Si/c1-18(2,3)9-6(13)4(11)8(17-10(15)16)5(12)7(9)14/h15-16H,1-3H3. The van der Waals surface area contributed by atoms with E-state index in [2.05, 4.69) is 4.65 Å². The van der Waals surface area contributed by atoms with E-state index in [-0.39, 0.29) is 0 Å². The van der Waals surface area contributed by atoms with E-state index in [1.54, 1.807) is 0 Å². The van der Waals surface area contributed by atoms with Gasteiger partial charge in [0.2, 0.25) is 11.6 Å². The summed E-state index contributed by atoms with van der Waals surface area (Å²) in [6.07, 6.45) is 0. The first kappa shape index (κ1) is 15.0. The maximum Gasteiger partial charge on any atom is 0.707 e. The number of hydrogen-bond acceptors (Lipinski definition) is 3. The molecule has 0 spiro atoms. The van der Waals surface area contributed by atoms with Gasteiger partial charge in [0.15, 0.2) is 17.4 Å². The zero-order valence-electron chi connectivity index (χ0n) is 9.89. The Morgan fingerprint density at radius 2 is 1.28 bits per heavy atom. The molecule has 100 valence electrons. The minimum absolute atomic E-state index is 0.641. The van der Waals surface area contributed by atoms with Gasteiger partial charge in [-0.05, 0) is 0 Å². The minimum atomic E-state index is -2.66. The van der Waals surface area contributed by atoms with E-state index in [0.29, 0.717) is 0 Å². The summed E-state index contributed by atoms with van der Waals surface area (Å²) >= 11 is 0. The van der Waals surface area contributed by atoms with Crippen molar-refractivity contribution in [1.82, 2.24) is 0 Å². The molecule has 2 N–H and O–H groups in total. The molecule has 9 heteroatoms. The van der Waals surface area contributed by atoms with Gasteiger partial charge in [-0.1, -0.05) is 19.6 Å². The molecule has 0 saturated heterocycles. The Balaban J connectivity index is 3.56. The monoisotopic (exact) mass is 282 g/mol. The largest absolute Gasteiger partial charge is 0.707 e. The highest BCUT2D eigenvalue weighted by molar-refractivity contribution is 6.88. The van der Waals surface area contributed by atoms with Crippen molar-refractivity contribution in [3.8, 4) is 5.75 Å². The first-order valence-electron chi connectivity index (χ1n) is 4.96. The molecule has 1 aromatic rings. The quantitative estimate of drug-likeness (QED) is 0.496. The molecule has 0 bridgehead atoms. The van der Waals surface area contributed by atoms with Crippen LogP contribution in [0, 0.1) is 23.3 Å². The van der Waals surface area contributed by atoms with Crippen LogP contribution in [-0.4, -0.2) is 25.4 Å². The minimum Gasteiger partial charge on any atom is -0.507 e. The second kappa shape index (κ2) is 4.90. The molecule has 0 aliphatic rings. The van der Waals surface area contributed by atoms with Crippen molar-refractivity contribution in [1.29, 1.82) is 0 Å². The summed E-state index contributed by atoms with van der Waals surface area (Å²) in [5.74, 6) is -8.17. The van der Waals surface area contributed by atoms with Crippen molar-refractivity contribution in [2.45, 2.75) is 19.6 Å². The van der Waals surface area contributed by atoms with E-state index in [0.717, 1.165) is 0 Å². The molecule has 0 saturated carbocycles. The molecule has 0 fully saturated rings. The molecule has 0 amide bonds. The number of rotatable bonds is 3. The van der Waals surface area contributed by atoms with Crippen molar-refractivity contribution in [2.75, 3.05) is 0 Å². The van der Waals surface area contributed by atoms with Gasteiger partial charge in [-0.3, -0.25) is 0 Å². The third-order valence-corrected chi connectivity index (χ3v) is 4.14. The topological polar surface area (TPSA) is 49.7 Å². The molecule has 0 heterocycles. The molecule has 1 aromatic carbocycles. The van der Waals surface area contributed by atoms with Crippen LogP contribution in [0.2, 0.25) is 19.6 Å². The molecule has 0 radical (unpaired) electrons. The lowest BCUT2D eigenvalue weighted by atomic mass is 10.2. The van der Waals surface area contributed by atoms with Crippen LogP contribution in [0.25, 0.3) is 0 Å². The second-order valence-electron chi connectivity index (χ2n) is 4.65. The Labute approximate surface area is 102 Å². The summed E-state index contributed by atoms with van der Waals surface area (Å²) in [7, 11) is -5.24. The fourth-order valence-electron chi connectivity index (χ4n) is 1.48. The van der Waals surface area contributed by atoms with Crippen molar-refractivity contribution >= 4 is 20.6 Å². The third-order valence-electron chi connectivity index (χ3n) is 2.20. The van der Waals surface area contributed by atoms with Gasteiger partial charge in [-0.15, -0.1) is 0 Å². The van der Waals surface area contributed by atoms with Gasteiger partial charge in [0.1, 0.15) is 0 Å². The van der Waals surface area contributed by atoms with Gasteiger partial charge in [0.05, 0.1) is 8.07 Å². The van der Waals surface area contributed by atoms with Crippen LogP contribution in [0.1, 0.15) is 0 Å². The zero-order chi connectivity index (χ0) is 14.2. The highest BCUT2D eigenvalue weighted by Gasteiger charge is 2.34. The maximum atomic E-state index is 13.7. The fourth-order valence-corrected chi connectivity index (χ4v) is 3.02. The first-order valence-corrected chi connectivity index (χ1v) is 8.46. The molecule has 0 unspecified atom stereocenters. The van der Waals surface area contributed by atoms with Crippen molar-refractivity contribution < 1.29 is 32.3 Å². The predicted molar refractivity (Wildman–Crippen MR) is 60.1 cm³/mol. The van der Waals surface area contributed by atoms with Crippen LogP contribution in [0.5, 0.6) is 5.75 Å². The SMILES string of the molecule is C[Si](C)(C)c1c(F)c(F)c(OB(O)O)c(F)c1F. The molecule has 1 rings (SSSR count). The number of hydrogen-bond donors (Lipinski definition) is 2. The smallest absolute Gasteiger partial charge is 0.507 e. The molecular weight excluding hydrogens is 271 g/mol. The maximum absolute atomic E-state index is 13.7. The molecule has 0 atom stereocenters. The van der Waals surface area contributed by atoms with Gasteiger partial charge in [-0.2, -0.15) is 8.78 Å². The van der Waals surface area contributed by atoms with Gasteiger partial charge in [-0.25, -0.2) is 8.78 Å². The molecule has 18 heavy (non-hydrogen) atoms. The molecular formula is C9H11BF4O3Si. The van der Waals surface area contributed by atoms with Crippen LogP contribution in [0.3, 0.4) is 0 Å². The molecule has 3 nitrogen and oxygen atoms in total. The summed E-state index contributed by atoms with van der Waals surface area (Å²) in [6.45, 7) is 4.53. The first-order chi connectivity index (χ1) is 8.07. The van der Waals surface area contributed by atoms with Gasteiger partial charge in [0.25, 0.3) is 0 Å². The lowest BCUT2D eigenvalue weighted by Crippen LogP contribution is -2.44. The van der Waals surface area contributed by atoms with Crippen LogP contribution < -0.4 is 9.84 Å². The second-order valence-corrected chi connectivity index (χ2v) is 9.65. The van der Waals surface area contributed by atoms with E-state index in [1.807, 2.05) is 0 Å². The molecule has 0 aliphatic carbocycles. The Bertz CT molecular complexity index is 447. The average Bonchev–Trinajstić information content (AvgIpc) is 2.19. The predicted octanol–water partition coefficient (Wildman–Crippen LogP) is 1.14. The van der Waals surface area contributed by atoms with Crippen LogP contribution >= 0.6 is 0 Å². The summed E-state index contributed by atoms with van der Waals surface area (Å²) in [5, 5.41) is 16.2. The van der Waals surface area contributed by atoms with Crippen LogP contribution in [0.4, 0.5) is 17.6 Å². The number of benzene rings is 1. The lowest BCUT2D eigenvalue weighted by molar-refractivity contribution is 0.269. The summed E-state index contributed by atoms with van der Waals surface area (Å²) in [4.78, 5) is 0. The highest BCUT2D eigenvalue weighted by Crippen LogP contribution is 2.27. The third kappa shape index (κ3) is 2.68. The van der Waals surface area contributed by atoms with Crippen LogP contribution in [-0.2, 0) is 0 Å². The number of halogens is 4. The van der Waals surface area contributed by atoms with Crippen LogP contribution in [0.15, 0.2) is 0 Å². The molecule has 0 aromatic heterocycles. The van der Waals surface area contributed by atoms with E-state index >= 15 is 0 Å². The van der Waals surface area contributed by atoms with Gasteiger partial charge in [0, 0.05) is 5.19 Å². The fraction of sp³-hybridized carbons (Fsp3) is 0.333. The van der Waals surface area contributed by atoms with E-state index in [9.17, 15) is 17.6 Å². The van der Waals surface area contributed by atoms with E-state index in [4.69, 9.17) is 10.0 Å². The van der Waals surface area contributed by atoms with Crippen molar-refractivity contribution in [3.63, 3.8) is 0 Å². The normalized spacial score (nSPS) is 11.6. The van der Waals surface area contributed by atoms with Gasteiger partial charge >= 0.3 is 7.32 Å². The Morgan fingerprint density at radius 1 is 0.889 bits per heavy atom. The molecule has 0 aliphatic heterocycles. The average molecular weight is 282 g/mol. The summed E-state index contributed by atoms with van der Waals surface area (Å²) in [6, 6.07) is 0. The van der Waals surface area contributed by atoms with E-state index < -0.39 is 49.6 Å². The summed E-state index contributed by atoms with van der Waals surface area (Å²) < 4.78 is 58.2. The Morgan fingerprint density at radius 3 is 1.56 bits per heavy atom. The van der Waals surface area contributed by atoms with Crippen molar-refractivity contribution in [3.05, 3.63) is 23.3 Å². The Hall–Kier alpha value is -1.06. The van der Waals surface area contributed by atoms with Crippen molar-refractivity contribution in [2.24, 2.45) is 0 Å². The van der Waals surface area contributed by atoms with Gasteiger partial charge < -0.3 is 14.7 Å². The zero-order valence-corrected chi connectivity index (χ0v) is 10.9. The Kier molecular flexibility index (Phi) is 4.09. The summed E-state index contributed by atoms with van der Waals surface area (Å²) in [5.41, 5.74) is 0.